The van der Waals surface area contributed by atoms with E-state index in [-0.39, 0.29) is 6.04 Å². The van der Waals surface area contributed by atoms with Crippen LogP contribution in [0.5, 0.6) is 0 Å². The van der Waals surface area contributed by atoms with Crippen LogP contribution in [0.15, 0.2) is 17.2 Å². The minimum atomic E-state index is -3.42. The number of sulfonamides is 1. The van der Waals surface area contributed by atoms with Gasteiger partial charge in [0.1, 0.15) is 4.90 Å². The lowest BCUT2D eigenvalue weighted by Gasteiger charge is -2.25. The highest BCUT2D eigenvalue weighted by molar-refractivity contribution is 7.89. The number of aryl methyl sites for hydroxylation is 1. The normalized spacial score (nSPS) is 16.3. The van der Waals surface area contributed by atoms with Crippen LogP contribution in [0.2, 0.25) is 0 Å². The molecule has 5 nitrogen and oxygen atoms in total. The van der Waals surface area contributed by atoms with E-state index in [1.54, 1.807) is 16.6 Å². The summed E-state index contributed by atoms with van der Waals surface area (Å²) in [6.45, 7) is 7.57. The molecular weight excluding hydrogens is 274 g/mol. The molecule has 0 unspecified atom stereocenters. The maximum atomic E-state index is 12.8. The average Bonchev–Trinajstić information content (AvgIpc) is 3.11. The number of rotatable bonds is 7. The Balaban J connectivity index is 2.33. The first-order chi connectivity index (χ1) is 9.40. The number of nitrogens with zero attached hydrogens (tertiary/aromatic N) is 2. The molecule has 1 heterocycles. The molecule has 0 radical (unpaired) electrons. The van der Waals surface area contributed by atoms with Crippen LogP contribution in [0.1, 0.15) is 39.3 Å². The molecule has 0 amide bonds. The maximum Gasteiger partial charge on any atom is 0.244 e. The number of aromatic nitrogens is 1. The molecule has 1 aliphatic carbocycles. The second-order valence-corrected chi connectivity index (χ2v) is 7.66. The number of hydrogen-bond donors (Lipinski definition) is 1. The molecule has 1 saturated carbocycles. The molecule has 1 aromatic rings. The van der Waals surface area contributed by atoms with Crippen molar-refractivity contribution in [1.82, 2.24) is 8.87 Å². The molecule has 0 aliphatic heterocycles. The van der Waals surface area contributed by atoms with Crippen molar-refractivity contribution in [3.05, 3.63) is 18.0 Å². The van der Waals surface area contributed by atoms with E-state index in [0.717, 1.165) is 25.1 Å². The summed E-state index contributed by atoms with van der Waals surface area (Å²) in [6.07, 6.45) is 3.99. The van der Waals surface area contributed by atoms with Crippen LogP contribution < -0.4 is 5.73 Å². The van der Waals surface area contributed by atoms with Gasteiger partial charge >= 0.3 is 0 Å². The van der Waals surface area contributed by atoms with E-state index in [4.69, 9.17) is 5.73 Å². The van der Waals surface area contributed by atoms with E-state index < -0.39 is 10.0 Å². The van der Waals surface area contributed by atoms with Crippen LogP contribution in [0, 0.1) is 5.92 Å². The minimum Gasteiger partial charge on any atom is -0.349 e. The van der Waals surface area contributed by atoms with Gasteiger partial charge in [0.15, 0.2) is 0 Å². The van der Waals surface area contributed by atoms with Gasteiger partial charge in [0.05, 0.1) is 0 Å². The van der Waals surface area contributed by atoms with Gasteiger partial charge in [-0.1, -0.05) is 0 Å². The van der Waals surface area contributed by atoms with E-state index in [9.17, 15) is 8.42 Å². The Morgan fingerprint density at radius 3 is 2.50 bits per heavy atom. The summed E-state index contributed by atoms with van der Waals surface area (Å²) in [5.74, 6) is 0.536. The third kappa shape index (κ3) is 3.07. The zero-order valence-electron chi connectivity index (χ0n) is 12.5. The van der Waals surface area contributed by atoms with Crippen molar-refractivity contribution in [1.29, 1.82) is 0 Å². The molecule has 20 heavy (non-hydrogen) atoms. The predicted octanol–water partition coefficient (Wildman–Crippen LogP) is 1.78. The van der Waals surface area contributed by atoms with Crippen LogP contribution >= 0.6 is 0 Å². The van der Waals surface area contributed by atoms with Gasteiger partial charge in [0, 0.05) is 37.6 Å². The van der Waals surface area contributed by atoms with Crippen molar-refractivity contribution in [2.24, 2.45) is 11.7 Å². The van der Waals surface area contributed by atoms with Crippen molar-refractivity contribution in [3.63, 3.8) is 0 Å². The fourth-order valence-electron chi connectivity index (χ4n) is 2.41. The largest absolute Gasteiger partial charge is 0.349 e. The molecule has 1 aromatic heterocycles. The Labute approximate surface area is 121 Å². The van der Waals surface area contributed by atoms with Gasteiger partial charge < -0.3 is 10.3 Å². The summed E-state index contributed by atoms with van der Waals surface area (Å²) in [7, 11) is -3.42. The Hall–Kier alpha value is -0.850. The van der Waals surface area contributed by atoms with Crippen molar-refractivity contribution >= 4 is 10.0 Å². The molecule has 0 saturated heterocycles. The highest BCUT2D eigenvalue weighted by atomic mass is 32.2. The highest BCUT2D eigenvalue weighted by Gasteiger charge is 2.34. The zero-order chi connectivity index (χ0) is 14.9. The third-order valence-corrected chi connectivity index (χ3v) is 5.84. The first kappa shape index (κ1) is 15.5. The molecule has 0 bridgehead atoms. The van der Waals surface area contributed by atoms with Crippen molar-refractivity contribution in [2.45, 2.75) is 57.6 Å². The lowest BCUT2D eigenvalue weighted by atomic mass is 10.3. The Bertz CT molecular complexity index is 537. The van der Waals surface area contributed by atoms with E-state index in [2.05, 4.69) is 0 Å². The van der Waals surface area contributed by atoms with Gasteiger partial charge in [-0.3, -0.25) is 0 Å². The third-order valence-electron chi connectivity index (χ3n) is 3.83. The van der Waals surface area contributed by atoms with E-state index in [0.29, 0.717) is 23.9 Å². The van der Waals surface area contributed by atoms with Crippen LogP contribution in [0.4, 0.5) is 0 Å². The van der Waals surface area contributed by atoms with E-state index in [1.807, 2.05) is 25.3 Å². The summed E-state index contributed by atoms with van der Waals surface area (Å²) in [5, 5.41) is 0. The summed E-state index contributed by atoms with van der Waals surface area (Å²) >= 11 is 0. The zero-order valence-corrected chi connectivity index (χ0v) is 13.4. The first-order valence-corrected chi connectivity index (χ1v) is 8.75. The molecule has 2 rings (SSSR count). The Morgan fingerprint density at radius 2 is 2.10 bits per heavy atom. The first-order valence-electron chi connectivity index (χ1n) is 7.31. The van der Waals surface area contributed by atoms with Gasteiger partial charge in [-0.2, -0.15) is 4.31 Å². The average molecular weight is 299 g/mol. The summed E-state index contributed by atoms with van der Waals surface area (Å²) in [5.41, 5.74) is 6.54. The standard InChI is InChI=1S/C14H25N3O2S/c1-4-16-10-14(7-13(16)8-15)20(18,19)17(11(2)3)9-12-5-6-12/h7,10-12H,4-6,8-9,15H2,1-3H3. The fraction of sp³-hybridized carbons (Fsp3) is 0.714. The molecule has 1 aliphatic rings. The van der Waals surface area contributed by atoms with Gasteiger partial charge in [0.25, 0.3) is 0 Å². The second-order valence-electron chi connectivity index (χ2n) is 5.77. The van der Waals surface area contributed by atoms with Crippen LogP contribution in [-0.2, 0) is 23.1 Å². The monoisotopic (exact) mass is 299 g/mol. The molecule has 1 fully saturated rings. The SMILES string of the molecule is CCn1cc(S(=O)(=O)N(CC2CC2)C(C)C)cc1CN. The summed E-state index contributed by atoms with van der Waals surface area (Å²) in [6, 6.07) is 1.69. The Morgan fingerprint density at radius 1 is 1.45 bits per heavy atom. The van der Waals surface area contributed by atoms with Gasteiger partial charge in [-0.05, 0) is 45.6 Å². The molecule has 0 aromatic carbocycles. The van der Waals surface area contributed by atoms with Crippen molar-refractivity contribution < 1.29 is 8.42 Å². The lowest BCUT2D eigenvalue weighted by Crippen LogP contribution is -2.38. The van der Waals surface area contributed by atoms with Gasteiger partial charge in [0.2, 0.25) is 10.0 Å². The fourth-order valence-corrected chi connectivity index (χ4v) is 4.19. The molecule has 6 heteroatoms. The molecule has 0 atom stereocenters. The van der Waals surface area contributed by atoms with Crippen LogP contribution in [-0.4, -0.2) is 29.9 Å². The molecule has 0 spiro atoms. The van der Waals surface area contributed by atoms with Crippen LogP contribution in [0.25, 0.3) is 0 Å². The topological polar surface area (TPSA) is 68.3 Å². The lowest BCUT2D eigenvalue weighted by molar-refractivity contribution is 0.341. The van der Waals surface area contributed by atoms with Crippen molar-refractivity contribution in [2.75, 3.05) is 6.54 Å². The maximum absolute atomic E-state index is 12.8. The van der Waals surface area contributed by atoms with Gasteiger partial charge in [-0.25, -0.2) is 8.42 Å². The smallest absolute Gasteiger partial charge is 0.244 e. The molecule has 114 valence electrons. The molecular formula is C14H25N3O2S. The molecule has 2 N–H and O–H groups in total. The minimum absolute atomic E-state index is 0.0214. The van der Waals surface area contributed by atoms with E-state index in [1.165, 1.54) is 0 Å². The second kappa shape index (κ2) is 5.87. The summed E-state index contributed by atoms with van der Waals surface area (Å²) < 4.78 is 29.1. The Kier molecular flexibility index (Phi) is 4.56. The van der Waals surface area contributed by atoms with Crippen molar-refractivity contribution in [3.8, 4) is 0 Å². The number of hydrogen-bond acceptors (Lipinski definition) is 3. The van der Waals surface area contributed by atoms with E-state index >= 15 is 0 Å². The highest BCUT2D eigenvalue weighted by Crippen LogP contribution is 2.32. The quantitative estimate of drug-likeness (QED) is 0.834. The number of nitrogens with two attached hydrogens (primary N) is 1. The van der Waals surface area contributed by atoms with Gasteiger partial charge in [-0.15, -0.1) is 0 Å². The predicted molar refractivity (Wildman–Crippen MR) is 79.7 cm³/mol. The van der Waals surface area contributed by atoms with Crippen LogP contribution in [0.3, 0.4) is 0 Å². The summed E-state index contributed by atoms with van der Waals surface area (Å²) in [4.78, 5) is 0.370.